The van der Waals surface area contributed by atoms with Gasteiger partial charge in [-0.3, -0.25) is 4.40 Å². The van der Waals surface area contributed by atoms with Crippen molar-refractivity contribution in [1.29, 1.82) is 0 Å². The second kappa shape index (κ2) is 5.25. The van der Waals surface area contributed by atoms with Crippen LogP contribution in [-0.4, -0.2) is 24.3 Å². The van der Waals surface area contributed by atoms with E-state index in [1.807, 2.05) is 6.07 Å². The third kappa shape index (κ3) is 2.08. The highest BCUT2D eigenvalue weighted by Gasteiger charge is 2.19. The van der Waals surface area contributed by atoms with Crippen LogP contribution in [0.2, 0.25) is 0 Å². The van der Waals surface area contributed by atoms with E-state index >= 15 is 0 Å². The largest absolute Gasteiger partial charge is 0.398 e. The summed E-state index contributed by atoms with van der Waals surface area (Å²) in [7, 11) is 0. The van der Waals surface area contributed by atoms with Crippen molar-refractivity contribution in [2.45, 2.75) is 0 Å². The minimum absolute atomic E-state index is 0. The maximum atomic E-state index is 6.16. The number of nitrogens with zero attached hydrogens (tertiary/aromatic N) is 5. The lowest BCUT2D eigenvalue weighted by Crippen LogP contribution is -2.00. The van der Waals surface area contributed by atoms with Gasteiger partial charge in [-0.25, -0.2) is 19.9 Å². The molecule has 0 aliphatic rings. The zero-order valence-electron chi connectivity index (χ0n) is 11.8. The second-order valence-corrected chi connectivity index (χ2v) is 4.80. The summed E-state index contributed by atoms with van der Waals surface area (Å²) in [6, 6.07) is 5.35. The Hall–Kier alpha value is -3.13. The Morgan fingerprint density at radius 3 is 2.39 bits per heavy atom. The molecule has 9 heteroatoms. The van der Waals surface area contributed by atoms with Gasteiger partial charge in [-0.05, 0) is 18.2 Å². The van der Waals surface area contributed by atoms with Gasteiger partial charge in [0.2, 0.25) is 11.9 Å². The number of nitrogens with two attached hydrogens (primary N) is 3. The highest BCUT2D eigenvalue weighted by atomic mass is 35.5. The van der Waals surface area contributed by atoms with E-state index in [4.69, 9.17) is 17.2 Å². The molecule has 0 amide bonds. The van der Waals surface area contributed by atoms with Crippen molar-refractivity contribution in [3.8, 4) is 11.3 Å². The summed E-state index contributed by atoms with van der Waals surface area (Å²) in [6.07, 6.45) is 4.87. The predicted molar refractivity (Wildman–Crippen MR) is 92.0 cm³/mol. The average molecular weight is 329 g/mol. The molecule has 4 aromatic rings. The maximum absolute atomic E-state index is 6.16. The third-order valence-corrected chi connectivity index (χ3v) is 3.52. The summed E-state index contributed by atoms with van der Waals surface area (Å²) in [5.74, 6) is 0.517. The van der Waals surface area contributed by atoms with E-state index in [9.17, 15) is 0 Å². The van der Waals surface area contributed by atoms with Crippen LogP contribution in [0.3, 0.4) is 0 Å². The van der Waals surface area contributed by atoms with Crippen molar-refractivity contribution < 1.29 is 0 Å². The van der Waals surface area contributed by atoms with E-state index in [1.54, 1.807) is 35.1 Å². The SMILES string of the molecule is Cl.Nc1nccc(-c2c3c(N)ccnc3n3c(N)nccc23)n1. The highest BCUT2D eigenvalue weighted by Crippen LogP contribution is 2.37. The summed E-state index contributed by atoms with van der Waals surface area (Å²) < 4.78 is 1.75. The van der Waals surface area contributed by atoms with Gasteiger partial charge in [0.25, 0.3) is 0 Å². The van der Waals surface area contributed by atoms with Crippen molar-refractivity contribution in [3.63, 3.8) is 0 Å². The first-order valence-corrected chi connectivity index (χ1v) is 6.55. The molecule has 0 fully saturated rings. The topological polar surface area (TPSA) is 134 Å². The lowest BCUT2D eigenvalue weighted by atomic mass is 10.1. The lowest BCUT2D eigenvalue weighted by Gasteiger charge is -2.02. The molecular formula is C14H13ClN8. The molecule has 0 aliphatic heterocycles. The first-order valence-electron chi connectivity index (χ1n) is 6.55. The molecule has 0 radical (unpaired) electrons. The molecule has 0 bridgehead atoms. The minimum atomic E-state index is 0. The fourth-order valence-electron chi connectivity index (χ4n) is 2.65. The molecule has 23 heavy (non-hydrogen) atoms. The van der Waals surface area contributed by atoms with Gasteiger partial charge in [-0.2, -0.15) is 0 Å². The standard InChI is InChI=1S/C14H12N8.ClH/c15-7-1-4-18-12-10(7)11(8-2-5-19-13(16)21-8)9-3-6-20-14(17)22(9)12;/h1-6H,(H2,15,18)(H2,17,20)(H2,16,19,21);1H. The van der Waals surface area contributed by atoms with E-state index in [1.165, 1.54) is 0 Å². The van der Waals surface area contributed by atoms with E-state index in [0.717, 1.165) is 16.5 Å². The van der Waals surface area contributed by atoms with Crippen LogP contribution in [0.4, 0.5) is 17.6 Å². The molecule has 8 nitrogen and oxygen atoms in total. The van der Waals surface area contributed by atoms with E-state index < -0.39 is 0 Å². The maximum Gasteiger partial charge on any atom is 0.220 e. The van der Waals surface area contributed by atoms with Gasteiger partial charge in [0.15, 0.2) is 0 Å². The van der Waals surface area contributed by atoms with Crippen LogP contribution in [0.25, 0.3) is 27.8 Å². The van der Waals surface area contributed by atoms with E-state index in [0.29, 0.717) is 23.0 Å². The summed E-state index contributed by atoms with van der Waals surface area (Å²) in [6.45, 7) is 0. The smallest absolute Gasteiger partial charge is 0.220 e. The predicted octanol–water partition coefficient (Wildman–Crippen LogP) is 1.51. The van der Waals surface area contributed by atoms with Crippen molar-refractivity contribution in [2.75, 3.05) is 17.2 Å². The van der Waals surface area contributed by atoms with E-state index in [-0.39, 0.29) is 18.4 Å². The molecular weight excluding hydrogens is 316 g/mol. The monoisotopic (exact) mass is 328 g/mol. The van der Waals surface area contributed by atoms with Gasteiger partial charge in [0.05, 0.1) is 16.6 Å². The number of fused-ring (bicyclic) bond motifs is 3. The fraction of sp³-hybridized carbons (Fsp3) is 0. The molecule has 116 valence electrons. The zero-order chi connectivity index (χ0) is 15.3. The molecule has 0 saturated carbocycles. The van der Waals surface area contributed by atoms with Crippen molar-refractivity contribution in [2.24, 2.45) is 0 Å². The molecule has 0 spiro atoms. The molecule has 0 aliphatic carbocycles. The molecule has 4 aromatic heterocycles. The van der Waals surface area contributed by atoms with Gasteiger partial charge in [0.1, 0.15) is 5.65 Å². The third-order valence-electron chi connectivity index (χ3n) is 3.52. The van der Waals surface area contributed by atoms with Crippen molar-refractivity contribution in [1.82, 2.24) is 24.3 Å². The highest BCUT2D eigenvalue weighted by molar-refractivity contribution is 6.09. The molecule has 4 heterocycles. The van der Waals surface area contributed by atoms with E-state index in [2.05, 4.69) is 19.9 Å². The zero-order valence-corrected chi connectivity index (χ0v) is 12.7. The number of nitrogen functional groups attached to an aromatic ring is 3. The minimum Gasteiger partial charge on any atom is -0.398 e. The van der Waals surface area contributed by atoms with Crippen molar-refractivity contribution >= 4 is 46.5 Å². The van der Waals surface area contributed by atoms with Crippen LogP contribution in [0.5, 0.6) is 0 Å². The van der Waals surface area contributed by atoms with Gasteiger partial charge < -0.3 is 17.2 Å². The summed E-state index contributed by atoms with van der Waals surface area (Å²) in [5.41, 5.74) is 21.4. The number of aromatic nitrogens is 5. The number of rotatable bonds is 1. The molecule has 0 atom stereocenters. The molecule has 6 N–H and O–H groups in total. The van der Waals surface area contributed by atoms with Crippen LogP contribution >= 0.6 is 12.4 Å². The fourth-order valence-corrected chi connectivity index (χ4v) is 2.65. The van der Waals surface area contributed by atoms with Crippen LogP contribution < -0.4 is 17.2 Å². The number of pyridine rings is 1. The molecule has 0 unspecified atom stereocenters. The summed E-state index contributed by atoms with van der Waals surface area (Å²) in [4.78, 5) is 16.7. The average Bonchev–Trinajstić information content (AvgIpc) is 2.84. The number of hydrogen-bond acceptors (Lipinski definition) is 7. The van der Waals surface area contributed by atoms with Crippen LogP contribution in [0.1, 0.15) is 0 Å². The van der Waals surface area contributed by atoms with Gasteiger partial charge in [-0.1, -0.05) is 0 Å². The quantitative estimate of drug-likeness (QED) is 0.482. The number of anilines is 3. The van der Waals surface area contributed by atoms with Crippen LogP contribution in [-0.2, 0) is 0 Å². The molecule has 0 saturated heterocycles. The van der Waals surface area contributed by atoms with Gasteiger partial charge in [0, 0.05) is 29.8 Å². The Morgan fingerprint density at radius 1 is 0.870 bits per heavy atom. The Balaban J connectivity index is 0.00000156. The Bertz CT molecular complexity index is 1030. The van der Waals surface area contributed by atoms with Crippen LogP contribution in [0.15, 0.2) is 36.8 Å². The Labute approximate surface area is 136 Å². The first-order chi connectivity index (χ1) is 10.7. The first kappa shape index (κ1) is 14.8. The summed E-state index contributed by atoms with van der Waals surface area (Å²) >= 11 is 0. The van der Waals surface area contributed by atoms with Crippen LogP contribution in [0, 0.1) is 0 Å². The summed E-state index contributed by atoms with van der Waals surface area (Å²) in [5, 5.41) is 0.764. The molecule has 4 rings (SSSR count). The molecule has 0 aromatic carbocycles. The number of hydrogen-bond donors (Lipinski definition) is 3. The Kier molecular flexibility index (Phi) is 3.38. The number of halogens is 1. The van der Waals surface area contributed by atoms with Gasteiger partial charge in [-0.15, -0.1) is 12.4 Å². The normalized spacial score (nSPS) is 10.8. The second-order valence-electron chi connectivity index (χ2n) is 4.80. The van der Waals surface area contributed by atoms with Gasteiger partial charge >= 0.3 is 0 Å². The van der Waals surface area contributed by atoms with Crippen molar-refractivity contribution in [3.05, 3.63) is 36.8 Å². The lowest BCUT2D eigenvalue weighted by molar-refractivity contribution is 1.12. The Morgan fingerprint density at radius 2 is 1.61 bits per heavy atom.